The molecule has 3 N–H and O–H groups in total. The molecule has 2 unspecified atom stereocenters. The molecule has 0 aliphatic carbocycles. The number of hydrogen-bond acceptors (Lipinski definition) is 3. The lowest BCUT2D eigenvalue weighted by atomic mass is 10.1. The second-order valence-corrected chi connectivity index (χ2v) is 4.47. The first-order valence-electron chi connectivity index (χ1n) is 6.37. The standard InChI is InChI=1S/C14H22N2O2/c1-3-12(10-17)15-11(2)9-14(18)16-13-7-5-4-6-8-13/h4-8,11-12,15,17H,3,9-10H2,1-2H3,(H,16,18). The number of rotatable bonds is 7. The second-order valence-electron chi connectivity index (χ2n) is 4.47. The SMILES string of the molecule is CCC(CO)NC(C)CC(=O)Nc1ccccc1. The third-order valence-electron chi connectivity index (χ3n) is 2.78. The van der Waals surface area contributed by atoms with Crippen LogP contribution in [0.25, 0.3) is 0 Å². The quantitative estimate of drug-likeness (QED) is 0.691. The van der Waals surface area contributed by atoms with Gasteiger partial charge in [-0.3, -0.25) is 4.79 Å². The van der Waals surface area contributed by atoms with Gasteiger partial charge in [0.2, 0.25) is 5.91 Å². The van der Waals surface area contributed by atoms with Gasteiger partial charge in [-0.1, -0.05) is 25.1 Å². The average Bonchev–Trinajstić information content (AvgIpc) is 2.36. The Kier molecular flexibility index (Phi) is 6.39. The van der Waals surface area contributed by atoms with Crippen LogP contribution in [0, 0.1) is 0 Å². The Hall–Kier alpha value is -1.39. The zero-order valence-electron chi connectivity index (χ0n) is 11.0. The number of aliphatic hydroxyl groups excluding tert-OH is 1. The van der Waals surface area contributed by atoms with Crippen molar-refractivity contribution < 1.29 is 9.90 Å². The minimum Gasteiger partial charge on any atom is -0.395 e. The van der Waals surface area contributed by atoms with Crippen LogP contribution >= 0.6 is 0 Å². The van der Waals surface area contributed by atoms with Gasteiger partial charge in [0.05, 0.1) is 6.61 Å². The van der Waals surface area contributed by atoms with E-state index in [0.29, 0.717) is 6.42 Å². The second kappa shape index (κ2) is 7.84. The molecule has 1 rings (SSSR count). The maximum atomic E-state index is 11.8. The van der Waals surface area contributed by atoms with Crippen molar-refractivity contribution in [3.63, 3.8) is 0 Å². The van der Waals surface area contributed by atoms with Crippen LogP contribution in [0.2, 0.25) is 0 Å². The maximum absolute atomic E-state index is 11.8. The van der Waals surface area contributed by atoms with E-state index in [1.54, 1.807) is 0 Å². The van der Waals surface area contributed by atoms with Crippen molar-refractivity contribution in [2.45, 2.75) is 38.8 Å². The molecule has 4 heteroatoms. The Morgan fingerprint density at radius 3 is 2.56 bits per heavy atom. The number of para-hydroxylation sites is 1. The Morgan fingerprint density at radius 2 is 2.00 bits per heavy atom. The molecule has 0 bridgehead atoms. The Bertz CT molecular complexity index is 350. The normalized spacial score (nSPS) is 13.9. The van der Waals surface area contributed by atoms with Crippen molar-refractivity contribution in [1.82, 2.24) is 5.32 Å². The Morgan fingerprint density at radius 1 is 1.33 bits per heavy atom. The fourth-order valence-corrected chi connectivity index (χ4v) is 1.77. The van der Waals surface area contributed by atoms with Gasteiger partial charge in [-0.05, 0) is 25.5 Å². The molecule has 0 saturated heterocycles. The van der Waals surface area contributed by atoms with E-state index in [2.05, 4.69) is 10.6 Å². The van der Waals surface area contributed by atoms with Crippen LogP contribution in [0.5, 0.6) is 0 Å². The molecule has 0 fully saturated rings. The maximum Gasteiger partial charge on any atom is 0.225 e. The number of benzene rings is 1. The highest BCUT2D eigenvalue weighted by Gasteiger charge is 2.12. The van der Waals surface area contributed by atoms with Gasteiger partial charge in [0.25, 0.3) is 0 Å². The summed E-state index contributed by atoms with van der Waals surface area (Å²) >= 11 is 0. The van der Waals surface area contributed by atoms with Gasteiger partial charge in [-0.2, -0.15) is 0 Å². The lowest BCUT2D eigenvalue weighted by molar-refractivity contribution is -0.116. The number of carbonyl (C=O) groups excluding carboxylic acids is 1. The molecule has 0 saturated carbocycles. The van der Waals surface area contributed by atoms with Gasteiger partial charge >= 0.3 is 0 Å². The molecule has 1 aromatic carbocycles. The highest BCUT2D eigenvalue weighted by molar-refractivity contribution is 5.90. The summed E-state index contributed by atoms with van der Waals surface area (Å²) in [4.78, 5) is 11.8. The summed E-state index contributed by atoms with van der Waals surface area (Å²) in [6, 6.07) is 9.51. The zero-order valence-corrected chi connectivity index (χ0v) is 11.0. The molecule has 0 aliphatic heterocycles. The van der Waals surface area contributed by atoms with Crippen molar-refractivity contribution in [2.24, 2.45) is 0 Å². The van der Waals surface area contributed by atoms with E-state index in [0.717, 1.165) is 12.1 Å². The van der Waals surface area contributed by atoms with Crippen molar-refractivity contribution in [2.75, 3.05) is 11.9 Å². The number of anilines is 1. The van der Waals surface area contributed by atoms with Gasteiger partial charge in [-0.15, -0.1) is 0 Å². The topological polar surface area (TPSA) is 61.4 Å². The summed E-state index contributed by atoms with van der Waals surface area (Å²) in [6.07, 6.45) is 1.24. The molecule has 0 aromatic heterocycles. The lowest BCUT2D eigenvalue weighted by Crippen LogP contribution is -2.40. The van der Waals surface area contributed by atoms with Crippen LogP contribution in [-0.2, 0) is 4.79 Å². The first kappa shape index (κ1) is 14.7. The first-order valence-corrected chi connectivity index (χ1v) is 6.37. The number of carbonyl (C=O) groups is 1. The molecule has 0 spiro atoms. The summed E-state index contributed by atoms with van der Waals surface area (Å²) in [5.41, 5.74) is 0.809. The van der Waals surface area contributed by atoms with E-state index >= 15 is 0 Å². The largest absolute Gasteiger partial charge is 0.395 e. The predicted molar refractivity (Wildman–Crippen MR) is 73.5 cm³/mol. The third kappa shape index (κ3) is 5.29. The number of amides is 1. The van der Waals surface area contributed by atoms with Crippen LogP contribution < -0.4 is 10.6 Å². The minimum absolute atomic E-state index is 0.0195. The molecule has 18 heavy (non-hydrogen) atoms. The summed E-state index contributed by atoms with van der Waals surface area (Å²) in [6.45, 7) is 4.05. The van der Waals surface area contributed by atoms with Crippen LogP contribution in [-0.4, -0.2) is 29.7 Å². The Balaban J connectivity index is 2.36. The third-order valence-corrected chi connectivity index (χ3v) is 2.78. The van der Waals surface area contributed by atoms with Gasteiger partial charge in [0.15, 0.2) is 0 Å². The summed E-state index contributed by atoms with van der Waals surface area (Å²) in [5, 5.41) is 15.1. The summed E-state index contributed by atoms with van der Waals surface area (Å²) < 4.78 is 0. The van der Waals surface area contributed by atoms with Gasteiger partial charge in [0.1, 0.15) is 0 Å². The van der Waals surface area contributed by atoms with Crippen LogP contribution in [0.15, 0.2) is 30.3 Å². The minimum atomic E-state index is -0.0195. The number of aliphatic hydroxyl groups is 1. The van der Waals surface area contributed by atoms with Crippen LogP contribution in [0.1, 0.15) is 26.7 Å². The molecular formula is C14H22N2O2. The molecule has 0 heterocycles. The highest BCUT2D eigenvalue weighted by atomic mass is 16.3. The highest BCUT2D eigenvalue weighted by Crippen LogP contribution is 2.06. The van der Waals surface area contributed by atoms with Gasteiger partial charge in [0, 0.05) is 24.2 Å². The molecule has 0 radical (unpaired) electrons. The van der Waals surface area contributed by atoms with E-state index in [4.69, 9.17) is 5.11 Å². The molecule has 1 aromatic rings. The van der Waals surface area contributed by atoms with E-state index in [9.17, 15) is 4.79 Å². The summed E-state index contributed by atoms with van der Waals surface area (Å²) in [5.74, 6) is -0.0195. The Labute approximate surface area is 108 Å². The number of nitrogens with one attached hydrogen (secondary N) is 2. The van der Waals surface area contributed by atoms with Crippen molar-refractivity contribution in [3.8, 4) is 0 Å². The molecule has 100 valence electrons. The molecule has 1 amide bonds. The van der Waals surface area contributed by atoms with E-state index in [1.807, 2.05) is 44.2 Å². The van der Waals surface area contributed by atoms with E-state index < -0.39 is 0 Å². The predicted octanol–water partition coefficient (Wildman–Crippen LogP) is 1.76. The zero-order chi connectivity index (χ0) is 13.4. The first-order chi connectivity index (χ1) is 8.65. The molecule has 2 atom stereocenters. The molecule has 4 nitrogen and oxygen atoms in total. The smallest absolute Gasteiger partial charge is 0.225 e. The molecule has 0 aliphatic rings. The lowest BCUT2D eigenvalue weighted by Gasteiger charge is -2.20. The average molecular weight is 250 g/mol. The van der Waals surface area contributed by atoms with Crippen molar-refractivity contribution in [3.05, 3.63) is 30.3 Å². The van der Waals surface area contributed by atoms with Gasteiger partial charge in [-0.25, -0.2) is 0 Å². The molecular weight excluding hydrogens is 228 g/mol. The number of hydrogen-bond donors (Lipinski definition) is 3. The van der Waals surface area contributed by atoms with Crippen molar-refractivity contribution in [1.29, 1.82) is 0 Å². The van der Waals surface area contributed by atoms with E-state index in [1.165, 1.54) is 0 Å². The van der Waals surface area contributed by atoms with E-state index in [-0.39, 0.29) is 24.6 Å². The summed E-state index contributed by atoms with van der Waals surface area (Å²) in [7, 11) is 0. The van der Waals surface area contributed by atoms with Crippen LogP contribution in [0.3, 0.4) is 0 Å². The fourth-order valence-electron chi connectivity index (χ4n) is 1.77. The fraction of sp³-hybridized carbons (Fsp3) is 0.500. The van der Waals surface area contributed by atoms with Gasteiger partial charge < -0.3 is 15.7 Å². The van der Waals surface area contributed by atoms with Crippen LogP contribution in [0.4, 0.5) is 5.69 Å². The monoisotopic (exact) mass is 250 g/mol. The van der Waals surface area contributed by atoms with Crippen molar-refractivity contribution >= 4 is 11.6 Å².